The van der Waals surface area contributed by atoms with Crippen LogP contribution < -0.4 is 0 Å². The average Bonchev–Trinajstić information content (AvgIpc) is 2.42. The zero-order chi connectivity index (χ0) is 13.7. The summed E-state index contributed by atoms with van der Waals surface area (Å²) in [6, 6.07) is 8.86. The van der Waals surface area contributed by atoms with E-state index in [1.807, 2.05) is 0 Å². The maximum atomic E-state index is 6.56. The molecular weight excluding hydrogens is 254 g/mol. The minimum atomic E-state index is 0.129. The van der Waals surface area contributed by atoms with Gasteiger partial charge >= 0.3 is 0 Å². The minimum Gasteiger partial charge on any atom is -0.302 e. The Labute approximate surface area is 123 Å². The molecule has 0 saturated carbocycles. The van der Waals surface area contributed by atoms with Gasteiger partial charge in [-0.2, -0.15) is 0 Å². The first-order valence-electron chi connectivity index (χ1n) is 7.64. The zero-order valence-corrected chi connectivity index (χ0v) is 13.0. The summed E-state index contributed by atoms with van der Waals surface area (Å²) in [6.07, 6.45) is 5.00. The molecule has 0 aromatic heterocycles. The SMILES string of the molecule is CCCc1ccc(C(Cl)CN2CCC(C)CC2)cc1. The van der Waals surface area contributed by atoms with Crippen molar-refractivity contribution < 1.29 is 0 Å². The van der Waals surface area contributed by atoms with Crippen molar-refractivity contribution in [3.05, 3.63) is 35.4 Å². The molecule has 19 heavy (non-hydrogen) atoms. The normalized spacial score (nSPS) is 19.5. The third-order valence-electron chi connectivity index (χ3n) is 4.17. The van der Waals surface area contributed by atoms with Crippen LogP contribution in [0.2, 0.25) is 0 Å². The maximum absolute atomic E-state index is 6.56. The van der Waals surface area contributed by atoms with Crippen LogP contribution in [-0.2, 0) is 6.42 Å². The van der Waals surface area contributed by atoms with E-state index in [1.165, 1.54) is 43.5 Å². The third kappa shape index (κ3) is 4.50. The monoisotopic (exact) mass is 279 g/mol. The number of halogens is 1. The first-order chi connectivity index (χ1) is 9.19. The molecule has 106 valence electrons. The lowest BCUT2D eigenvalue weighted by Crippen LogP contribution is -2.35. The van der Waals surface area contributed by atoms with Crippen molar-refractivity contribution >= 4 is 11.6 Å². The summed E-state index contributed by atoms with van der Waals surface area (Å²) in [4.78, 5) is 2.51. The Morgan fingerprint density at radius 2 is 1.84 bits per heavy atom. The molecule has 0 N–H and O–H groups in total. The number of hydrogen-bond acceptors (Lipinski definition) is 1. The number of likely N-dealkylation sites (tertiary alicyclic amines) is 1. The molecule has 1 atom stereocenters. The molecule has 1 nitrogen and oxygen atoms in total. The Kier molecular flexibility index (Phi) is 5.72. The van der Waals surface area contributed by atoms with Gasteiger partial charge in [-0.25, -0.2) is 0 Å². The zero-order valence-electron chi connectivity index (χ0n) is 12.2. The molecule has 1 fully saturated rings. The molecule has 1 heterocycles. The first kappa shape index (κ1) is 14.9. The summed E-state index contributed by atoms with van der Waals surface area (Å²) in [5, 5.41) is 0.129. The number of hydrogen-bond donors (Lipinski definition) is 0. The van der Waals surface area contributed by atoms with Crippen molar-refractivity contribution in [2.75, 3.05) is 19.6 Å². The molecule has 2 rings (SSSR count). The third-order valence-corrected chi connectivity index (χ3v) is 4.56. The fraction of sp³-hybridized carbons (Fsp3) is 0.647. The molecule has 1 aliphatic rings. The van der Waals surface area contributed by atoms with E-state index in [4.69, 9.17) is 11.6 Å². The maximum Gasteiger partial charge on any atom is 0.0712 e. The van der Waals surface area contributed by atoms with E-state index in [0.29, 0.717) is 0 Å². The van der Waals surface area contributed by atoms with Gasteiger partial charge in [0.1, 0.15) is 0 Å². The standard InChI is InChI=1S/C17H26ClN/c1-3-4-15-5-7-16(8-6-15)17(18)13-19-11-9-14(2)10-12-19/h5-8,14,17H,3-4,9-13H2,1-2H3. The molecule has 0 radical (unpaired) electrons. The van der Waals surface area contributed by atoms with Gasteiger partial charge in [0, 0.05) is 6.54 Å². The number of nitrogens with zero attached hydrogens (tertiary/aromatic N) is 1. The van der Waals surface area contributed by atoms with E-state index in [2.05, 4.69) is 43.0 Å². The van der Waals surface area contributed by atoms with E-state index in [1.54, 1.807) is 0 Å². The van der Waals surface area contributed by atoms with Gasteiger partial charge in [0.05, 0.1) is 5.38 Å². The molecule has 1 aromatic rings. The molecule has 0 amide bonds. The summed E-state index contributed by atoms with van der Waals surface area (Å²) in [5.74, 6) is 0.887. The Bertz CT molecular complexity index is 365. The molecule has 1 saturated heterocycles. The van der Waals surface area contributed by atoms with E-state index in [0.717, 1.165) is 18.9 Å². The highest BCUT2D eigenvalue weighted by molar-refractivity contribution is 6.21. The van der Waals surface area contributed by atoms with Crippen molar-refractivity contribution in [3.8, 4) is 0 Å². The first-order valence-corrected chi connectivity index (χ1v) is 8.08. The fourth-order valence-electron chi connectivity index (χ4n) is 2.76. The number of alkyl halides is 1. The molecule has 1 aliphatic heterocycles. The van der Waals surface area contributed by atoms with Crippen LogP contribution in [0.4, 0.5) is 0 Å². The van der Waals surface area contributed by atoms with Crippen LogP contribution in [0.25, 0.3) is 0 Å². The molecule has 0 spiro atoms. The van der Waals surface area contributed by atoms with Crippen molar-refractivity contribution in [2.24, 2.45) is 5.92 Å². The number of benzene rings is 1. The van der Waals surface area contributed by atoms with Crippen molar-refractivity contribution in [2.45, 2.75) is 44.9 Å². The van der Waals surface area contributed by atoms with Gasteiger partial charge in [-0.3, -0.25) is 0 Å². The highest BCUT2D eigenvalue weighted by atomic mass is 35.5. The summed E-state index contributed by atoms with van der Waals surface area (Å²) < 4.78 is 0. The topological polar surface area (TPSA) is 3.24 Å². The predicted octanol–water partition coefficient (Wildman–Crippen LogP) is 4.65. The Balaban J connectivity index is 1.86. The van der Waals surface area contributed by atoms with E-state index in [9.17, 15) is 0 Å². The number of aryl methyl sites for hydroxylation is 1. The lowest BCUT2D eigenvalue weighted by Gasteiger charge is -2.31. The Hall–Kier alpha value is -0.530. The van der Waals surface area contributed by atoms with Gasteiger partial charge in [0.25, 0.3) is 0 Å². The van der Waals surface area contributed by atoms with Crippen LogP contribution in [0, 0.1) is 5.92 Å². The second kappa shape index (κ2) is 7.31. The average molecular weight is 280 g/mol. The summed E-state index contributed by atoms with van der Waals surface area (Å²) in [6.45, 7) is 7.97. The quantitative estimate of drug-likeness (QED) is 0.709. The number of rotatable bonds is 5. The highest BCUT2D eigenvalue weighted by Gasteiger charge is 2.19. The van der Waals surface area contributed by atoms with Crippen LogP contribution in [0.5, 0.6) is 0 Å². The lowest BCUT2D eigenvalue weighted by molar-refractivity contribution is 0.192. The van der Waals surface area contributed by atoms with E-state index in [-0.39, 0.29) is 5.38 Å². The van der Waals surface area contributed by atoms with Gasteiger partial charge in [0.15, 0.2) is 0 Å². The second-order valence-corrected chi connectivity index (χ2v) is 6.47. The summed E-state index contributed by atoms with van der Waals surface area (Å²) in [5.41, 5.74) is 2.68. The van der Waals surface area contributed by atoms with Crippen LogP contribution >= 0.6 is 11.6 Å². The van der Waals surface area contributed by atoms with Gasteiger partial charge in [-0.05, 0) is 49.4 Å². The van der Waals surface area contributed by atoms with Crippen LogP contribution in [0.3, 0.4) is 0 Å². The smallest absolute Gasteiger partial charge is 0.0712 e. The Morgan fingerprint density at radius 3 is 2.42 bits per heavy atom. The van der Waals surface area contributed by atoms with Crippen LogP contribution in [-0.4, -0.2) is 24.5 Å². The lowest BCUT2D eigenvalue weighted by atomic mass is 9.98. The van der Waals surface area contributed by atoms with Gasteiger partial charge in [-0.15, -0.1) is 11.6 Å². The molecule has 2 heteroatoms. The Morgan fingerprint density at radius 1 is 1.21 bits per heavy atom. The molecule has 1 aromatic carbocycles. The second-order valence-electron chi connectivity index (χ2n) is 5.94. The van der Waals surface area contributed by atoms with Crippen molar-refractivity contribution in [1.29, 1.82) is 0 Å². The predicted molar refractivity (Wildman–Crippen MR) is 83.9 cm³/mol. The largest absolute Gasteiger partial charge is 0.302 e. The summed E-state index contributed by atoms with van der Waals surface area (Å²) >= 11 is 6.56. The van der Waals surface area contributed by atoms with E-state index >= 15 is 0 Å². The van der Waals surface area contributed by atoms with Gasteiger partial charge in [-0.1, -0.05) is 44.5 Å². The van der Waals surface area contributed by atoms with Crippen molar-refractivity contribution in [3.63, 3.8) is 0 Å². The fourth-order valence-corrected chi connectivity index (χ4v) is 3.10. The van der Waals surface area contributed by atoms with Crippen molar-refractivity contribution in [1.82, 2.24) is 4.90 Å². The van der Waals surface area contributed by atoms with Gasteiger partial charge in [0.2, 0.25) is 0 Å². The molecule has 1 unspecified atom stereocenters. The summed E-state index contributed by atoms with van der Waals surface area (Å²) in [7, 11) is 0. The molecule has 0 aliphatic carbocycles. The molecule has 0 bridgehead atoms. The molecular formula is C17H26ClN. The van der Waals surface area contributed by atoms with Crippen LogP contribution in [0.15, 0.2) is 24.3 Å². The highest BCUT2D eigenvalue weighted by Crippen LogP contribution is 2.25. The number of piperidine rings is 1. The van der Waals surface area contributed by atoms with Crippen LogP contribution in [0.1, 0.15) is 49.6 Å². The minimum absolute atomic E-state index is 0.129. The van der Waals surface area contributed by atoms with Gasteiger partial charge < -0.3 is 4.90 Å². The van der Waals surface area contributed by atoms with E-state index < -0.39 is 0 Å².